The van der Waals surface area contributed by atoms with E-state index in [1.165, 1.54) is 6.20 Å². The van der Waals surface area contributed by atoms with Crippen LogP contribution >= 0.6 is 0 Å². The number of hydrogen-bond acceptors (Lipinski definition) is 4. The first-order chi connectivity index (χ1) is 11.3. The molecule has 2 rings (SSSR count). The average molecular weight is 338 g/mol. The summed E-state index contributed by atoms with van der Waals surface area (Å²) >= 11 is 0. The summed E-state index contributed by atoms with van der Waals surface area (Å²) in [7, 11) is 0. The van der Waals surface area contributed by atoms with Gasteiger partial charge in [0.15, 0.2) is 0 Å². The van der Waals surface area contributed by atoms with Gasteiger partial charge < -0.3 is 21.4 Å². The minimum atomic E-state index is -3.21. The van der Waals surface area contributed by atoms with Crippen LogP contribution in [0.5, 0.6) is 0 Å². The van der Waals surface area contributed by atoms with Crippen molar-refractivity contribution >= 4 is 22.7 Å². The normalized spacial score (nSPS) is 11.3. The smallest absolute Gasteiger partial charge is 0.277 e. The maximum atomic E-state index is 12.9. The highest BCUT2D eigenvalue weighted by atomic mass is 19.3. The number of alkyl halides is 2. The summed E-state index contributed by atoms with van der Waals surface area (Å²) in [5.41, 5.74) is 4.75. The van der Waals surface area contributed by atoms with E-state index in [2.05, 4.69) is 10.3 Å². The molecule has 5 N–H and O–H groups in total. The molecule has 0 atom stereocenters. The van der Waals surface area contributed by atoms with Gasteiger partial charge in [-0.05, 0) is 12.1 Å². The molecule has 1 heterocycles. The minimum Gasteiger partial charge on any atom is -0.360 e. The van der Waals surface area contributed by atoms with E-state index in [0.29, 0.717) is 10.9 Å². The molecule has 0 saturated carbocycles. The van der Waals surface area contributed by atoms with Gasteiger partial charge in [0, 0.05) is 17.1 Å². The highest BCUT2D eigenvalue weighted by molar-refractivity contribution is 5.98. The summed E-state index contributed by atoms with van der Waals surface area (Å²) in [5.74, 6) is -4.80. The Morgan fingerprint density at radius 2 is 1.92 bits per heavy atom. The van der Waals surface area contributed by atoms with E-state index in [1.807, 2.05) is 5.32 Å². The van der Waals surface area contributed by atoms with E-state index < -0.39 is 42.8 Å². The lowest BCUT2D eigenvalue weighted by Crippen LogP contribution is -2.45. The third-order valence-electron chi connectivity index (χ3n) is 3.29. The predicted octanol–water partition coefficient (Wildman–Crippen LogP) is -0.0319. The molecule has 1 aromatic carbocycles. The maximum Gasteiger partial charge on any atom is 0.277 e. The van der Waals surface area contributed by atoms with Crippen LogP contribution in [-0.4, -0.2) is 42.4 Å². The first-order valence-corrected chi connectivity index (χ1v) is 7.07. The largest absolute Gasteiger partial charge is 0.360 e. The Balaban J connectivity index is 1.99. The molecule has 2 amide bonds. The molecule has 0 fully saturated rings. The van der Waals surface area contributed by atoms with Crippen molar-refractivity contribution in [2.24, 2.45) is 5.73 Å². The van der Waals surface area contributed by atoms with Crippen LogP contribution in [0.3, 0.4) is 0 Å². The number of amides is 2. The van der Waals surface area contributed by atoms with Gasteiger partial charge in [0.2, 0.25) is 11.3 Å². The fourth-order valence-corrected chi connectivity index (χ4v) is 1.95. The maximum absolute atomic E-state index is 12.9. The zero-order valence-electron chi connectivity index (χ0n) is 12.6. The number of pyridine rings is 1. The number of para-hydroxylation sites is 1. The summed E-state index contributed by atoms with van der Waals surface area (Å²) in [6.07, 6.45) is 1.24. The Hall–Kier alpha value is -2.81. The number of carbonyl (C=O) groups excluding carboxylic acids is 2. The first kappa shape index (κ1) is 17.5. The van der Waals surface area contributed by atoms with Crippen molar-refractivity contribution in [1.29, 1.82) is 0 Å². The lowest BCUT2D eigenvalue weighted by atomic mass is 10.1. The summed E-state index contributed by atoms with van der Waals surface area (Å²) < 4.78 is 25.8. The summed E-state index contributed by atoms with van der Waals surface area (Å²) in [6.45, 7) is -2.35. The van der Waals surface area contributed by atoms with Crippen molar-refractivity contribution in [3.63, 3.8) is 0 Å². The van der Waals surface area contributed by atoms with Crippen molar-refractivity contribution in [2.75, 3.05) is 19.6 Å². The predicted molar refractivity (Wildman–Crippen MR) is 83.9 cm³/mol. The van der Waals surface area contributed by atoms with Crippen LogP contribution in [0.25, 0.3) is 10.9 Å². The molecule has 0 aliphatic heterocycles. The van der Waals surface area contributed by atoms with E-state index >= 15 is 0 Å². The first-order valence-electron chi connectivity index (χ1n) is 7.07. The third-order valence-corrected chi connectivity index (χ3v) is 3.29. The number of benzene rings is 1. The van der Waals surface area contributed by atoms with Crippen molar-refractivity contribution < 1.29 is 18.4 Å². The van der Waals surface area contributed by atoms with Crippen molar-refractivity contribution in [1.82, 2.24) is 15.6 Å². The van der Waals surface area contributed by atoms with Crippen molar-refractivity contribution in [3.8, 4) is 0 Å². The zero-order chi connectivity index (χ0) is 17.7. The van der Waals surface area contributed by atoms with Crippen molar-refractivity contribution in [2.45, 2.75) is 5.92 Å². The zero-order valence-corrected chi connectivity index (χ0v) is 12.6. The van der Waals surface area contributed by atoms with Gasteiger partial charge in [0.1, 0.15) is 5.56 Å². The van der Waals surface area contributed by atoms with Crippen LogP contribution in [0.2, 0.25) is 0 Å². The van der Waals surface area contributed by atoms with Crippen LogP contribution in [0.1, 0.15) is 10.4 Å². The standard InChI is InChI=1S/C15H16F2N4O3/c16-15(17,7-18)8-21-12(22)6-20-14(24)10-5-19-11-4-2-1-3-9(11)13(10)23/h1-5H,6-8,18H2,(H,19,23)(H,20,24)(H,21,22). The second-order valence-electron chi connectivity index (χ2n) is 5.10. The number of aromatic nitrogens is 1. The highest BCUT2D eigenvalue weighted by Gasteiger charge is 2.27. The lowest BCUT2D eigenvalue weighted by Gasteiger charge is -2.14. The van der Waals surface area contributed by atoms with Gasteiger partial charge in [-0.15, -0.1) is 0 Å². The molecule has 1 aromatic heterocycles. The lowest BCUT2D eigenvalue weighted by molar-refractivity contribution is -0.121. The van der Waals surface area contributed by atoms with Gasteiger partial charge in [-0.25, -0.2) is 8.78 Å². The van der Waals surface area contributed by atoms with Crippen LogP contribution in [0.15, 0.2) is 35.3 Å². The molecule has 0 saturated heterocycles. The van der Waals surface area contributed by atoms with Gasteiger partial charge in [-0.3, -0.25) is 14.4 Å². The SMILES string of the molecule is NCC(F)(F)CNC(=O)CNC(=O)c1c[nH]c2ccccc2c1=O. The molecule has 2 aromatic rings. The molecule has 0 spiro atoms. The van der Waals surface area contributed by atoms with E-state index in [1.54, 1.807) is 24.3 Å². The van der Waals surface area contributed by atoms with Crippen LogP contribution in [-0.2, 0) is 4.79 Å². The third kappa shape index (κ3) is 4.13. The average Bonchev–Trinajstić information content (AvgIpc) is 2.58. The second-order valence-corrected chi connectivity index (χ2v) is 5.10. The number of nitrogens with two attached hydrogens (primary N) is 1. The molecular weight excluding hydrogens is 322 g/mol. The minimum absolute atomic E-state index is 0.172. The molecule has 7 nitrogen and oxygen atoms in total. The monoisotopic (exact) mass is 338 g/mol. The quantitative estimate of drug-likeness (QED) is 0.591. The summed E-state index contributed by atoms with van der Waals surface area (Å²) in [4.78, 5) is 38.5. The molecule has 0 unspecified atom stereocenters. The van der Waals surface area contributed by atoms with Crippen LogP contribution < -0.4 is 21.8 Å². The Morgan fingerprint density at radius 3 is 2.62 bits per heavy atom. The van der Waals surface area contributed by atoms with Gasteiger partial charge in [0.05, 0.1) is 19.6 Å². The number of hydrogen-bond donors (Lipinski definition) is 4. The molecule has 24 heavy (non-hydrogen) atoms. The van der Waals surface area contributed by atoms with E-state index in [9.17, 15) is 23.2 Å². The molecule has 0 bridgehead atoms. The van der Waals surface area contributed by atoms with Gasteiger partial charge in [0.25, 0.3) is 11.8 Å². The Morgan fingerprint density at radius 1 is 1.21 bits per heavy atom. The van der Waals surface area contributed by atoms with Gasteiger partial charge in [-0.1, -0.05) is 12.1 Å². The van der Waals surface area contributed by atoms with Crippen molar-refractivity contribution in [3.05, 3.63) is 46.2 Å². The highest BCUT2D eigenvalue weighted by Crippen LogP contribution is 2.08. The summed E-state index contributed by atoms with van der Waals surface area (Å²) in [6, 6.07) is 6.64. The van der Waals surface area contributed by atoms with Crippen LogP contribution in [0, 0.1) is 0 Å². The molecule has 0 aliphatic carbocycles. The number of nitrogens with one attached hydrogen (secondary N) is 3. The van der Waals surface area contributed by atoms with Gasteiger partial charge in [-0.2, -0.15) is 0 Å². The molecule has 9 heteroatoms. The number of fused-ring (bicyclic) bond motifs is 1. The number of rotatable bonds is 6. The Labute approximate surface area is 135 Å². The Kier molecular flexibility index (Phi) is 5.24. The molecule has 128 valence electrons. The fourth-order valence-electron chi connectivity index (χ4n) is 1.95. The topological polar surface area (TPSA) is 117 Å². The Bertz CT molecular complexity index is 820. The second kappa shape index (κ2) is 7.18. The van der Waals surface area contributed by atoms with E-state index in [0.717, 1.165) is 0 Å². The number of H-pyrrole nitrogens is 1. The number of aromatic amines is 1. The van der Waals surface area contributed by atoms with E-state index in [-0.39, 0.29) is 5.56 Å². The fraction of sp³-hybridized carbons (Fsp3) is 0.267. The molecule has 0 radical (unpaired) electrons. The molecule has 0 aliphatic rings. The van der Waals surface area contributed by atoms with Gasteiger partial charge >= 0.3 is 0 Å². The number of carbonyl (C=O) groups is 2. The number of halogens is 2. The summed E-state index contributed by atoms with van der Waals surface area (Å²) in [5, 5.41) is 4.50. The van der Waals surface area contributed by atoms with Crippen LogP contribution in [0.4, 0.5) is 8.78 Å². The molecular formula is C15H16F2N4O3. The van der Waals surface area contributed by atoms with E-state index in [4.69, 9.17) is 5.73 Å².